The van der Waals surface area contributed by atoms with Gasteiger partial charge in [0.2, 0.25) is 0 Å². The molecule has 1 aliphatic carbocycles. The van der Waals surface area contributed by atoms with Gasteiger partial charge in [-0.3, -0.25) is 0 Å². The van der Waals surface area contributed by atoms with Crippen molar-refractivity contribution in [2.24, 2.45) is 5.92 Å². The van der Waals surface area contributed by atoms with E-state index in [1.165, 1.54) is 25.7 Å². The predicted molar refractivity (Wildman–Crippen MR) is 69.6 cm³/mol. The summed E-state index contributed by atoms with van der Waals surface area (Å²) in [4.78, 5) is 0. The lowest BCUT2D eigenvalue weighted by Gasteiger charge is -2.23. The highest BCUT2D eigenvalue weighted by atomic mass is 16.3. The molecule has 2 heteroatoms. The van der Waals surface area contributed by atoms with Crippen LogP contribution in [0, 0.1) is 5.92 Å². The molecule has 0 aromatic rings. The number of rotatable bonds is 7. The minimum Gasteiger partial charge on any atom is -0.390 e. The molecule has 0 unspecified atom stereocenters. The van der Waals surface area contributed by atoms with Crippen molar-refractivity contribution in [2.45, 2.75) is 77.4 Å². The normalized spacial score (nSPS) is 21.6. The summed E-state index contributed by atoms with van der Waals surface area (Å²) in [6.45, 7) is 7.76. The molecule has 1 aliphatic rings. The van der Waals surface area contributed by atoms with Gasteiger partial charge in [0.05, 0.1) is 5.60 Å². The van der Waals surface area contributed by atoms with E-state index < -0.39 is 0 Å². The first-order valence-corrected chi connectivity index (χ1v) is 6.98. The Morgan fingerprint density at radius 2 is 1.75 bits per heavy atom. The fourth-order valence-corrected chi connectivity index (χ4v) is 2.52. The maximum Gasteiger partial charge on any atom is 0.0659 e. The summed E-state index contributed by atoms with van der Waals surface area (Å²) >= 11 is 0. The van der Waals surface area contributed by atoms with Crippen molar-refractivity contribution >= 4 is 0 Å². The Kier molecular flexibility index (Phi) is 5.77. The van der Waals surface area contributed by atoms with Crippen LogP contribution in [0.1, 0.15) is 65.7 Å². The monoisotopic (exact) mass is 227 g/mol. The summed E-state index contributed by atoms with van der Waals surface area (Å²) in [5.41, 5.74) is -0.342. The lowest BCUT2D eigenvalue weighted by atomic mass is 9.97. The zero-order valence-corrected chi connectivity index (χ0v) is 11.3. The molecule has 1 fully saturated rings. The lowest BCUT2D eigenvalue weighted by Crippen LogP contribution is -2.34. The summed E-state index contributed by atoms with van der Waals surface area (Å²) in [7, 11) is 0. The van der Waals surface area contributed by atoms with Crippen molar-refractivity contribution in [3.63, 3.8) is 0 Å². The summed E-state index contributed by atoms with van der Waals surface area (Å²) in [6.07, 6.45) is 7.90. The summed E-state index contributed by atoms with van der Waals surface area (Å²) in [6, 6.07) is 0.590. The van der Waals surface area contributed by atoms with Crippen LogP contribution in [0.2, 0.25) is 0 Å². The first kappa shape index (κ1) is 14.0. The van der Waals surface area contributed by atoms with Crippen LogP contribution < -0.4 is 5.32 Å². The third kappa shape index (κ3) is 5.31. The van der Waals surface area contributed by atoms with Crippen molar-refractivity contribution in [2.75, 3.05) is 6.54 Å². The van der Waals surface area contributed by atoms with E-state index in [4.69, 9.17) is 0 Å². The van der Waals surface area contributed by atoms with Crippen LogP contribution in [0.3, 0.4) is 0 Å². The number of aliphatic hydroxyl groups is 1. The lowest BCUT2D eigenvalue weighted by molar-refractivity contribution is 0.0385. The third-order valence-electron chi connectivity index (χ3n) is 3.79. The molecule has 0 amide bonds. The average molecular weight is 227 g/mol. The van der Waals surface area contributed by atoms with Gasteiger partial charge in [-0.05, 0) is 51.5 Å². The van der Waals surface area contributed by atoms with E-state index in [0.29, 0.717) is 6.04 Å². The van der Waals surface area contributed by atoms with E-state index in [2.05, 4.69) is 26.1 Å². The first-order chi connectivity index (χ1) is 7.52. The van der Waals surface area contributed by atoms with E-state index in [-0.39, 0.29) is 5.60 Å². The zero-order chi connectivity index (χ0) is 12.0. The van der Waals surface area contributed by atoms with Crippen LogP contribution in [-0.4, -0.2) is 23.3 Å². The van der Waals surface area contributed by atoms with Crippen LogP contribution in [0.25, 0.3) is 0 Å². The van der Waals surface area contributed by atoms with Crippen LogP contribution in [0.5, 0.6) is 0 Å². The zero-order valence-electron chi connectivity index (χ0n) is 11.3. The molecule has 2 N–H and O–H groups in total. The van der Waals surface area contributed by atoms with E-state index in [1.807, 2.05) is 0 Å². The molecule has 0 saturated heterocycles. The quantitative estimate of drug-likeness (QED) is 0.700. The van der Waals surface area contributed by atoms with Gasteiger partial charge in [0.1, 0.15) is 0 Å². The molecule has 1 atom stereocenters. The van der Waals surface area contributed by atoms with Crippen LogP contribution in [0.15, 0.2) is 0 Å². The highest BCUT2D eigenvalue weighted by Gasteiger charge is 2.30. The molecular formula is C14H29NO. The molecule has 96 valence electrons. The van der Waals surface area contributed by atoms with E-state index >= 15 is 0 Å². The van der Waals surface area contributed by atoms with Gasteiger partial charge in [-0.1, -0.05) is 26.7 Å². The van der Waals surface area contributed by atoms with Gasteiger partial charge in [-0.25, -0.2) is 0 Å². The van der Waals surface area contributed by atoms with Gasteiger partial charge >= 0.3 is 0 Å². The Bertz CT molecular complexity index is 185. The third-order valence-corrected chi connectivity index (χ3v) is 3.79. The standard InChI is InChI=1S/C14H29NO/c1-12(2)6-7-13(3)15-11-10-14(16)8-4-5-9-14/h12-13,15-16H,4-11H2,1-3H3/t13-/m1/s1. The Labute approximate surface area is 101 Å². The maximum absolute atomic E-state index is 10.2. The molecule has 0 spiro atoms. The highest BCUT2D eigenvalue weighted by molar-refractivity contribution is 4.84. The average Bonchev–Trinajstić information content (AvgIpc) is 2.62. The van der Waals surface area contributed by atoms with Crippen molar-refractivity contribution < 1.29 is 5.11 Å². The first-order valence-electron chi connectivity index (χ1n) is 6.98. The van der Waals surface area contributed by atoms with Crippen molar-refractivity contribution in [1.82, 2.24) is 5.32 Å². The number of hydrogen-bond donors (Lipinski definition) is 2. The highest BCUT2D eigenvalue weighted by Crippen LogP contribution is 2.31. The second-order valence-electron chi connectivity index (χ2n) is 6.01. The summed E-state index contributed by atoms with van der Waals surface area (Å²) in [5, 5.41) is 13.7. The van der Waals surface area contributed by atoms with Crippen LogP contribution in [-0.2, 0) is 0 Å². The molecule has 0 aromatic heterocycles. The molecule has 0 aromatic carbocycles. The van der Waals surface area contributed by atoms with E-state index in [1.54, 1.807) is 0 Å². The SMILES string of the molecule is CC(C)CC[C@@H](C)NCCC1(O)CCCC1. The van der Waals surface area contributed by atoms with Gasteiger partial charge < -0.3 is 10.4 Å². The second kappa shape index (κ2) is 6.61. The molecular weight excluding hydrogens is 198 g/mol. The molecule has 16 heavy (non-hydrogen) atoms. The van der Waals surface area contributed by atoms with Crippen molar-refractivity contribution in [1.29, 1.82) is 0 Å². The topological polar surface area (TPSA) is 32.3 Å². The van der Waals surface area contributed by atoms with E-state index in [9.17, 15) is 5.11 Å². The van der Waals surface area contributed by atoms with Gasteiger partial charge in [0.25, 0.3) is 0 Å². The Hall–Kier alpha value is -0.0800. The Morgan fingerprint density at radius 1 is 1.12 bits per heavy atom. The minimum absolute atomic E-state index is 0.342. The molecule has 1 saturated carbocycles. The second-order valence-corrected chi connectivity index (χ2v) is 6.01. The molecule has 1 rings (SSSR count). The smallest absolute Gasteiger partial charge is 0.0659 e. The molecule has 0 aliphatic heterocycles. The van der Waals surface area contributed by atoms with Gasteiger partial charge in [0.15, 0.2) is 0 Å². The fraction of sp³-hybridized carbons (Fsp3) is 1.00. The molecule has 0 heterocycles. The van der Waals surface area contributed by atoms with Gasteiger partial charge in [-0.2, -0.15) is 0 Å². The Balaban J connectivity index is 2.05. The molecule has 0 bridgehead atoms. The maximum atomic E-state index is 10.2. The minimum atomic E-state index is -0.342. The summed E-state index contributed by atoms with van der Waals surface area (Å²) in [5.74, 6) is 0.795. The van der Waals surface area contributed by atoms with Crippen LogP contribution >= 0.6 is 0 Å². The largest absolute Gasteiger partial charge is 0.390 e. The Morgan fingerprint density at radius 3 is 2.31 bits per heavy atom. The predicted octanol–water partition coefficient (Wildman–Crippen LogP) is 3.10. The fourth-order valence-electron chi connectivity index (χ4n) is 2.52. The van der Waals surface area contributed by atoms with Crippen molar-refractivity contribution in [3.05, 3.63) is 0 Å². The van der Waals surface area contributed by atoms with Gasteiger partial charge in [-0.15, -0.1) is 0 Å². The van der Waals surface area contributed by atoms with Gasteiger partial charge in [0, 0.05) is 6.04 Å². The number of hydrogen-bond acceptors (Lipinski definition) is 2. The van der Waals surface area contributed by atoms with E-state index in [0.717, 1.165) is 31.7 Å². The van der Waals surface area contributed by atoms with Crippen LogP contribution in [0.4, 0.5) is 0 Å². The number of nitrogens with one attached hydrogen (secondary N) is 1. The molecule has 2 nitrogen and oxygen atoms in total. The van der Waals surface area contributed by atoms with Crippen molar-refractivity contribution in [3.8, 4) is 0 Å². The summed E-state index contributed by atoms with van der Waals surface area (Å²) < 4.78 is 0. The molecule has 0 radical (unpaired) electrons.